The zero-order valence-corrected chi connectivity index (χ0v) is 13.3. The maximum atomic E-state index is 12.4. The van der Waals surface area contributed by atoms with Gasteiger partial charge < -0.3 is 20.3 Å². The van der Waals surface area contributed by atoms with Gasteiger partial charge in [-0.3, -0.25) is 9.59 Å². The second-order valence-electron chi connectivity index (χ2n) is 5.73. The van der Waals surface area contributed by atoms with Gasteiger partial charge in [-0.15, -0.1) is 0 Å². The topological polar surface area (TPSA) is 87.7 Å². The van der Waals surface area contributed by atoms with Crippen molar-refractivity contribution in [1.29, 1.82) is 0 Å². The molecule has 7 nitrogen and oxygen atoms in total. The van der Waals surface area contributed by atoms with Crippen molar-refractivity contribution in [3.63, 3.8) is 0 Å². The van der Waals surface area contributed by atoms with Gasteiger partial charge in [-0.2, -0.15) is 0 Å². The summed E-state index contributed by atoms with van der Waals surface area (Å²) >= 11 is 0. The van der Waals surface area contributed by atoms with E-state index in [0.29, 0.717) is 6.54 Å². The molecule has 3 amide bonds. The summed E-state index contributed by atoms with van der Waals surface area (Å²) in [6.07, 6.45) is 3.70. The highest BCUT2D eigenvalue weighted by Crippen LogP contribution is 2.29. The Labute approximate surface area is 130 Å². The minimum absolute atomic E-state index is 0.0118. The van der Waals surface area contributed by atoms with Crippen LogP contribution in [0.5, 0.6) is 0 Å². The molecule has 0 aromatic carbocycles. The number of urea groups is 1. The Morgan fingerprint density at radius 2 is 2.05 bits per heavy atom. The summed E-state index contributed by atoms with van der Waals surface area (Å²) in [5, 5.41) is 5.73. The van der Waals surface area contributed by atoms with E-state index in [-0.39, 0.29) is 37.0 Å². The molecular weight excluding hydrogens is 286 g/mol. The van der Waals surface area contributed by atoms with E-state index in [1.165, 1.54) is 0 Å². The molecule has 0 aromatic heterocycles. The number of nitrogens with zero attached hydrogens (tertiary/aromatic N) is 1. The van der Waals surface area contributed by atoms with E-state index in [9.17, 15) is 14.4 Å². The Hall–Kier alpha value is -1.79. The second-order valence-corrected chi connectivity index (χ2v) is 5.73. The van der Waals surface area contributed by atoms with Gasteiger partial charge >= 0.3 is 12.0 Å². The standard InChI is InChI=1S/C15H25N3O4/c1-3-16-15(21)18-11-8-6-5-7-10(11)17-14(20)12(18)9-13(19)22-4-2/h10-12H,3-9H2,1-2H3,(H,16,21)(H,17,20)/t10-,11-,12+/m1/s1. The number of piperazine rings is 1. The molecule has 7 heteroatoms. The first-order chi connectivity index (χ1) is 10.6. The van der Waals surface area contributed by atoms with Crippen molar-refractivity contribution in [1.82, 2.24) is 15.5 Å². The quantitative estimate of drug-likeness (QED) is 0.751. The molecule has 0 bridgehead atoms. The van der Waals surface area contributed by atoms with E-state index in [1.807, 2.05) is 6.92 Å². The van der Waals surface area contributed by atoms with Gasteiger partial charge in [0.2, 0.25) is 5.91 Å². The lowest BCUT2D eigenvalue weighted by molar-refractivity contribution is -0.148. The molecule has 2 aliphatic rings. The third-order valence-corrected chi connectivity index (χ3v) is 4.28. The monoisotopic (exact) mass is 311 g/mol. The molecular formula is C15H25N3O4. The predicted octanol–water partition coefficient (Wildman–Crippen LogP) is 0.781. The van der Waals surface area contributed by atoms with Gasteiger partial charge in [0.05, 0.1) is 19.1 Å². The van der Waals surface area contributed by atoms with Crippen LogP contribution in [0.2, 0.25) is 0 Å². The first-order valence-corrected chi connectivity index (χ1v) is 8.10. The molecule has 1 aliphatic heterocycles. The number of ether oxygens (including phenoxy) is 1. The molecule has 0 spiro atoms. The van der Waals surface area contributed by atoms with Crippen LogP contribution in [0.25, 0.3) is 0 Å². The first-order valence-electron chi connectivity index (χ1n) is 8.10. The SMILES string of the molecule is CCNC(=O)N1[C@@H]2CCCC[C@H]2NC(=O)[C@@H]1CC(=O)OCC. The molecule has 3 atom stereocenters. The molecule has 22 heavy (non-hydrogen) atoms. The number of esters is 1. The number of carbonyl (C=O) groups is 3. The molecule has 2 fully saturated rings. The number of hydrogen-bond donors (Lipinski definition) is 2. The van der Waals surface area contributed by atoms with Crippen LogP contribution in [0.4, 0.5) is 4.79 Å². The Bertz CT molecular complexity index is 441. The lowest BCUT2D eigenvalue weighted by Gasteiger charge is -2.47. The Morgan fingerprint density at radius 1 is 1.32 bits per heavy atom. The predicted molar refractivity (Wildman–Crippen MR) is 80.1 cm³/mol. The van der Waals surface area contributed by atoms with E-state index in [2.05, 4.69) is 10.6 Å². The summed E-state index contributed by atoms with van der Waals surface area (Å²) in [5.41, 5.74) is 0. The highest BCUT2D eigenvalue weighted by molar-refractivity contribution is 5.92. The maximum Gasteiger partial charge on any atom is 0.318 e. The van der Waals surface area contributed by atoms with Crippen molar-refractivity contribution in [3.05, 3.63) is 0 Å². The highest BCUT2D eigenvalue weighted by Gasteiger charge is 2.45. The van der Waals surface area contributed by atoms with Gasteiger partial charge in [0.15, 0.2) is 0 Å². The first kappa shape index (κ1) is 16.6. The van der Waals surface area contributed by atoms with Crippen LogP contribution in [-0.2, 0) is 14.3 Å². The fourth-order valence-electron chi connectivity index (χ4n) is 3.35. The van der Waals surface area contributed by atoms with Crippen molar-refractivity contribution in [2.75, 3.05) is 13.2 Å². The summed E-state index contributed by atoms with van der Waals surface area (Å²) in [6, 6.07) is -1.12. The van der Waals surface area contributed by atoms with E-state index in [0.717, 1.165) is 25.7 Å². The fraction of sp³-hybridized carbons (Fsp3) is 0.800. The zero-order valence-electron chi connectivity index (χ0n) is 13.3. The van der Waals surface area contributed by atoms with E-state index in [4.69, 9.17) is 4.74 Å². The second kappa shape index (κ2) is 7.47. The molecule has 1 aliphatic carbocycles. The average molecular weight is 311 g/mol. The van der Waals surface area contributed by atoms with Crippen LogP contribution >= 0.6 is 0 Å². The van der Waals surface area contributed by atoms with Gasteiger partial charge in [-0.05, 0) is 26.7 Å². The summed E-state index contributed by atoms with van der Waals surface area (Å²) in [6.45, 7) is 4.30. The van der Waals surface area contributed by atoms with Crippen LogP contribution < -0.4 is 10.6 Å². The molecule has 2 N–H and O–H groups in total. The lowest BCUT2D eigenvalue weighted by atomic mass is 9.85. The molecule has 0 unspecified atom stereocenters. The number of amides is 3. The highest BCUT2D eigenvalue weighted by atomic mass is 16.5. The largest absolute Gasteiger partial charge is 0.466 e. The normalized spacial score (nSPS) is 27.6. The van der Waals surface area contributed by atoms with Crippen LogP contribution in [0, 0.1) is 0 Å². The Kier molecular flexibility index (Phi) is 5.63. The zero-order chi connectivity index (χ0) is 16.1. The van der Waals surface area contributed by atoms with Crippen LogP contribution in [0.15, 0.2) is 0 Å². The molecule has 0 aromatic rings. The van der Waals surface area contributed by atoms with E-state index < -0.39 is 12.0 Å². The molecule has 1 saturated carbocycles. The Balaban J connectivity index is 2.20. The maximum absolute atomic E-state index is 12.4. The molecule has 124 valence electrons. The fourth-order valence-corrected chi connectivity index (χ4v) is 3.35. The smallest absolute Gasteiger partial charge is 0.318 e. The summed E-state index contributed by atoms with van der Waals surface area (Å²) < 4.78 is 4.94. The molecule has 0 radical (unpaired) electrons. The van der Waals surface area contributed by atoms with Gasteiger partial charge in [0.1, 0.15) is 6.04 Å². The van der Waals surface area contributed by atoms with Gasteiger partial charge in [0.25, 0.3) is 0 Å². The van der Waals surface area contributed by atoms with Crippen LogP contribution in [-0.4, -0.2) is 54.1 Å². The van der Waals surface area contributed by atoms with Crippen molar-refractivity contribution in [2.45, 2.75) is 64.1 Å². The minimum Gasteiger partial charge on any atom is -0.466 e. The summed E-state index contributed by atoms with van der Waals surface area (Å²) in [5.74, 6) is -0.714. The van der Waals surface area contributed by atoms with Crippen molar-refractivity contribution >= 4 is 17.9 Å². The number of carbonyl (C=O) groups excluding carboxylic acids is 3. The van der Waals surface area contributed by atoms with Crippen molar-refractivity contribution in [3.8, 4) is 0 Å². The van der Waals surface area contributed by atoms with Crippen LogP contribution in [0.3, 0.4) is 0 Å². The average Bonchev–Trinajstić information content (AvgIpc) is 2.48. The minimum atomic E-state index is -0.787. The van der Waals surface area contributed by atoms with Crippen LogP contribution in [0.1, 0.15) is 46.0 Å². The third-order valence-electron chi connectivity index (χ3n) is 4.28. The van der Waals surface area contributed by atoms with Gasteiger partial charge in [-0.1, -0.05) is 12.8 Å². The number of fused-ring (bicyclic) bond motifs is 1. The molecule has 1 saturated heterocycles. The number of nitrogens with one attached hydrogen (secondary N) is 2. The third kappa shape index (κ3) is 3.51. The summed E-state index contributed by atoms with van der Waals surface area (Å²) in [4.78, 5) is 38.2. The molecule has 1 heterocycles. The number of hydrogen-bond acceptors (Lipinski definition) is 4. The van der Waals surface area contributed by atoms with Gasteiger partial charge in [0, 0.05) is 12.6 Å². The summed E-state index contributed by atoms with van der Waals surface area (Å²) in [7, 11) is 0. The Morgan fingerprint density at radius 3 is 2.73 bits per heavy atom. The van der Waals surface area contributed by atoms with Crippen molar-refractivity contribution in [2.24, 2.45) is 0 Å². The van der Waals surface area contributed by atoms with E-state index >= 15 is 0 Å². The molecule has 2 rings (SSSR count). The van der Waals surface area contributed by atoms with E-state index in [1.54, 1.807) is 11.8 Å². The lowest BCUT2D eigenvalue weighted by Crippen LogP contribution is -2.69. The number of rotatable bonds is 4. The van der Waals surface area contributed by atoms with Crippen molar-refractivity contribution < 1.29 is 19.1 Å². The van der Waals surface area contributed by atoms with Gasteiger partial charge in [-0.25, -0.2) is 4.79 Å².